The van der Waals surface area contributed by atoms with Gasteiger partial charge in [-0.1, -0.05) is 6.07 Å². The van der Waals surface area contributed by atoms with Crippen LogP contribution in [0.15, 0.2) is 52.9 Å². The average Bonchev–Trinajstić information content (AvgIpc) is 3.27. The molecule has 1 aromatic carbocycles. The van der Waals surface area contributed by atoms with Gasteiger partial charge in [0.15, 0.2) is 0 Å². The predicted octanol–water partition coefficient (Wildman–Crippen LogP) is 4.88. The number of hydrogen-bond donors (Lipinski definition) is 2. The Hall–Kier alpha value is -2.84. The molecule has 6 nitrogen and oxygen atoms in total. The van der Waals surface area contributed by atoms with Crippen LogP contribution in [-0.4, -0.2) is 35.8 Å². The van der Waals surface area contributed by atoms with E-state index in [1.54, 1.807) is 52.3 Å². The highest BCUT2D eigenvalue weighted by atomic mass is 32.2. The summed E-state index contributed by atoms with van der Waals surface area (Å²) >= 11 is 3.36. The fourth-order valence-corrected chi connectivity index (χ4v) is 5.32. The van der Waals surface area contributed by atoms with Crippen LogP contribution in [0.3, 0.4) is 0 Å². The van der Waals surface area contributed by atoms with Gasteiger partial charge in [0.05, 0.1) is 5.69 Å². The fourth-order valence-electron chi connectivity index (χ4n) is 3.53. The Morgan fingerprint density at radius 3 is 2.71 bits per heavy atom. The van der Waals surface area contributed by atoms with Crippen LogP contribution in [0.5, 0.6) is 0 Å². The number of aryl methyl sites for hydroxylation is 2. The van der Waals surface area contributed by atoms with E-state index < -0.39 is 0 Å². The van der Waals surface area contributed by atoms with E-state index in [1.807, 2.05) is 31.4 Å². The van der Waals surface area contributed by atoms with Crippen LogP contribution in [0.2, 0.25) is 0 Å². The molecule has 0 fully saturated rings. The van der Waals surface area contributed by atoms with Crippen LogP contribution in [0, 0.1) is 13.8 Å². The number of rotatable bonds is 5. The van der Waals surface area contributed by atoms with Crippen LogP contribution in [-0.2, 0) is 6.42 Å². The number of anilines is 2. The number of hydrogen-bond acceptors (Lipinski definition) is 5. The Labute approximate surface area is 190 Å². The molecule has 1 aliphatic heterocycles. The molecule has 2 aromatic heterocycles. The van der Waals surface area contributed by atoms with E-state index in [0.717, 1.165) is 34.1 Å². The normalized spacial score (nSPS) is 12.9. The monoisotopic (exact) mass is 452 g/mol. The molecule has 0 radical (unpaired) electrons. The fraction of sp³-hybridized carbons (Fsp3) is 0.261. The molecular weight excluding hydrogens is 428 g/mol. The van der Waals surface area contributed by atoms with E-state index in [1.165, 1.54) is 4.88 Å². The summed E-state index contributed by atoms with van der Waals surface area (Å²) in [4.78, 5) is 32.9. The number of fused-ring (bicyclic) bond motifs is 1. The number of amides is 3. The van der Waals surface area contributed by atoms with Crippen molar-refractivity contribution in [2.75, 3.05) is 29.1 Å². The molecule has 0 saturated heterocycles. The first-order valence-electron chi connectivity index (χ1n) is 10.1. The summed E-state index contributed by atoms with van der Waals surface area (Å²) in [7, 11) is 0. The van der Waals surface area contributed by atoms with Crippen molar-refractivity contribution in [1.82, 2.24) is 10.3 Å². The van der Waals surface area contributed by atoms with Crippen molar-refractivity contribution in [2.45, 2.75) is 25.3 Å². The van der Waals surface area contributed by atoms with Crippen LogP contribution >= 0.6 is 23.1 Å². The second-order valence-corrected chi connectivity index (χ2v) is 9.44. The summed E-state index contributed by atoms with van der Waals surface area (Å²) in [5.74, 6) is 0.689. The van der Waals surface area contributed by atoms with Crippen LogP contribution in [0.25, 0.3) is 0 Å². The lowest BCUT2D eigenvalue weighted by Crippen LogP contribution is -2.39. The largest absolute Gasteiger partial charge is 0.352 e. The van der Waals surface area contributed by atoms with Gasteiger partial charge in [0.25, 0.3) is 5.91 Å². The molecule has 0 saturated carbocycles. The third kappa shape index (κ3) is 5.08. The number of nitrogens with zero attached hydrogens (tertiary/aromatic N) is 2. The zero-order valence-corrected chi connectivity index (χ0v) is 19.1. The Morgan fingerprint density at radius 1 is 1.16 bits per heavy atom. The van der Waals surface area contributed by atoms with E-state index in [2.05, 4.69) is 21.7 Å². The number of carbonyl (C=O) groups excluding carboxylic acids is 2. The highest BCUT2D eigenvalue weighted by Crippen LogP contribution is 2.36. The number of thiophene rings is 1. The van der Waals surface area contributed by atoms with Crippen molar-refractivity contribution in [3.8, 4) is 0 Å². The zero-order valence-electron chi connectivity index (χ0n) is 17.5. The number of aromatic nitrogens is 1. The van der Waals surface area contributed by atoms with Gasteiger partial charge in [0.2, 0.25) is 0 Å². The quantitative estimate of drug-likeness (QED) is 0.579. The second kappa shape index (κ2) is 9.53. The molecule has 2 N–H and O–H groups in total. The van der Waals surface area contributed by atoms with Crippen molar-refractivity contribution in [3.63, 3.8) is 0 Å². The second-order valence-electron chi connectivity index (χ2n) is 7.33. The highest BCUT2D eigenvalue weighted by Gasteiger charge is 2.26. The molecule has 0 atom stereocenters. The number of thioether (sulfide) groups is 1. The Kier molecular flexibility index (Phi) is 6.58. The van der Waals surface area contributed by atoms with Gasteiger partial charge >= 0.3 is 6.03 Å². The van der Waals surface area contributed by atoms with Crippen LogP contribution < -0.4 is 15.5 Å². The molecule has 1 aliphatic rings. The SMILES string of the molecule is Cc1cc(C)c2c(n1)SCCN2C(=O)Nc1ccc(C(=O)NCCc2cccs2)cc1. The molecule has 3 aromatic rings. The molecule has 0 spiro atoms. The van der Waals surface area contributed by atoms with Gasteiger partial charge in [-0.2, -0.15) is 0 Å². The summed E-state index contributed by atoms with van der Waals surface area (Å²) < 4.78 is 0. The first kappa shape index (κ1) is 21.4. The average molecular weight is 453 g/mol. The Balaban J connectivity index is 1.37. The summed E-state index contributed by atoms with van der Waals surface area (Å²) in [6.07, 6.45) is 0.820. The van der Waals surface area contributed by atoms with E-state index in [9.17, 15) is 9.59 Å². The van der Waals surface area contributed by atoms with E-state index >= 15 is 0 Å². The minimum absolute atomic E-state index is 0.117. The maximum atomic E-state index is 12.9. The lowest BCUT2D eigenvalue weighted by molar-refractivity contribution is 0.0954. The molecule has 8 heteroatoms. The molecule has 0 unspecified atom stereocenters. The molecule has 31 heavy (non-hydrogen) atoms. The smallest absolute Gasteiger partial charge is 0.326 e. The summed E-state index contributed by atoms with van der Waals surface area (Å²) in [5, 5.41) is 8.80. The first-order valence-corrected chi connectivity index (χ1v) is 12.0. The van der Waals surface area contributed by atoms with Crippen molar-refractivity contribution in [3.05, 3.63) is 69.5 Å². The van der Waals surface area contributed by atoms with Crippen molar-refractivity contribution in [2.24, 2.45) is 0 Å². The zero-order chi connectivity index (χ0) is 21.8. The van der Waals surface area contributed by atoms with Crippen molar-refractivity contribution >= 4 is 46.4 Å². The van der Waals surface area contributed by atoms with Gasteiger partial charge < -0.3 is 10.6 Å². The number of benzene rings is 1. The number of nitrogens with one attached hydrogen (secondary N) is 2. The maximum Gasteiger partial charge on any atom is 0.326 e. The molecule has 0 aliphatic carbocycles. The van der Waals surface area contributed by atoms with Crippen molar-refractivity contribution < 1.29 is 9.59 Å². The third-order valence-corrected chi connectivity index (χ3v) is 6.86. The molecule has 3 amide bonds. The minimum Gasteiger partial charge on any atom is -0.352 e. The lowest BCUT2D eigenvalue weighted by atomic mass is 10.2. The molecule has 3 heterocycles. The predicted molar refractivity (Wildman–Crippen MR) is 128 cm³/mol. The molecule has 0 bridgehead atoms. The van der Waals surface area contributed by atoms with Gasteiger partial charge in [0.1, 0.15) is 5.03 Å². The summed E-state index contributed by atoms with van der Waals surface area (Å²) in [6, 6.07) is 12.8. The number of urea groups is 1. The third-order valence-electron chi connectivity index (χ3n) is 4.98. The van der Waals surface area contributed by atoms with Crippen LogP contribution in [0.4, 0.5) is 16.2 Å². The maximum absolute atomic E-state index is 12.9. The van der Waals surface area contributed by atoms with Gasteiger partial charge in [-0.25, -0.2) is 9.78 Å². The summed E-state index contributed by atoms with van der Waals surface area (Å²) in [5.41, 5.74) is 4.09. The Morgan fingerprint density at radius 2 is 1.97 bits per heavy atom. The number of pyridine rings is 1. The van der Waals surface area contributed by atoms with Gasteiger partial charge in [-0.15, -0.1) is 23.1 Å². The standard InChI is InChI=1S/C23H24N4O2S2/c1-15-14-16(2)25-22-20(15)27(11-13-31-22)23(29)26-18-7-5-17(6-8-18)21(28)24-10-9-19-4-3-12-30-19/h3-8,12,14H,9-11,13H2,1-2H3,(H,24,28)(H,26,29). The first-order chi connectivity index (χ1) is 15.0. The minimum atomic E-state index is -0.191. The topological polar surface area (TPSA) is 74.3 Å². The Bertz CT molecular complexity index is 1080. The highest BCUT2D eigenvalue weighted by molar-refractivity contribution is 7.99. The number of carbonyl (C=O) groups is 2. The van der Waals surface area contributed by atoms with Gasteiger partial charge in [-0.3, -0.25) is 9.69 Å². The molecular formula is C23H24N4O2S2. The van der Waals surface area contributed by atoms with E-state index in [4.69, 9.17) is 0 Å². The summed E-state index contributed by atoms with van der Waals surface area (Å²) in [6.45, 7) is 5.19. The lowest BCUT2D eigenvalue weighted by Gasteiger charge is -2.30. The van der Waals surface area contributed by atoms with Crippen LogP contribution in [0.1, 0.15) is 26.5 Å². The van der Waals surface area contributed by atoms with E-state index in [-0.39, 0.29) is 11.9 Å². The van der Waals surface area contributed by atoms with Crippen molar-refractivity contribution in [1.29, 1.82) is 0 Å². The molecule has 160 valence electrons. The van der Waals surface area contributed by atoms with Gasteiger partial charge in [-0.05, 0) is 67.6 Å². The van der Waals surface area contributed by atoms with E-state index in [0.29, 0.717) is 24.3 Å². The molecule has 4 rings (SSSR count). The van der Waals surface area contributed by atoms with Gasteiger partial charge in [0, 0.05) is 40.7 Å².